The van der Waals surface area contributed by atoms with Gasteiger partial charge in [0.2, 0.25) is 0 Å². The molecule has 0 fully saturated rings. The molecule has 122 heavy (non-hydrogen) atoms. The first-order valence-corrected chi connectivity index (χ1v) is 49.4. The SMILES string of the molecule is [C-]#[N+]/C(C)=C1\C(=C\c2cc3c(s2)-c2sc4c(OCC(CCCC)CCCC)c5c6c(sc5c(OCC(C)CCCC)c4c2C3(c2ccc(CCCCCC)cc2)c2ccc(CCCCCC)cc2)-c2sc(/C=C3\C(=O)c4ccccc4\C3=C(\C#N)[N+]#[C-])cc2C6(c2ccc(CCCCCC)cc2)c2ccc(CCCCCC)cc2)C(=O)c2ccccc21. The van der Waals surface area contributed by atoms with Gasteiger partial charge in [0.15, 0.2) is 17.3 Å². The van der Waals surface area contributed by atoms with E-state index in [-0.39, 0.29) is 29.1 Å². The van der Waals surface area contributed by atoms with Crippen LogP contribution in [0, 0.1) is 36.3 Å². The fourth-order valence-corrected chi connectivity index (χ4v) is 25.2. The minimum Gasteiger partial charge on any atom is -0.491 e. The van der Waals surface area contributed by atoms with Gasteiger partial charge in [0.05, 0.1) is 72.2 Å². The molecule has 0 saturated heterocycles. The Balaban J connectivity index is 1.10. The number of fused-ring (bicyclic) bond motifs is 12. The predicted molar refractivity (Wildman–Crippen MR) is 517 cm³/mol. The molecule has 0 spiro atoms. The van der Waals surface area contributed by atoms with Crippen LogP contribution in [0.2, 0.25) is 0 Å². The Morgan fingerprint density at radius 2 is 0.779 bits per heavy atom. The summed E-state index contributed by atoms with van der Waals surface area (Å²) in [5.74, 6) is 2.01. The molecule has 1 unspecified atom stereocenters. The van der Waals surface area contributed by atoms with Crippen LogP contribution in [0.25, 0.3) is 72.7 Å². The lowest BCUT2D eigenvalue weighted by atomic mass is 9.66. The molecule has 15 rings (SSSR count). The van der Waals surface area contributed by atoms with Crippen LogP contribution in [0.4, 0.5) is 0 Å². The number of carbonyl (C=O) groups excluding carboxylic acids is 2. The predicted octanol–water partition coefficient (Wildman–Crippen LogP) is 32.4. The number of rotatable bonds is 41. The van der Waals surface area contributed by atoms with Crippen molar-refractivity contribution in [2.45, 2.75) is 259 Å². The molecule has 4 heterocycles. The molecular formula is C111H119N3O4S4. The number of hydrogen-bond acceptors (Lipinski definition) is 9. The number of unbranched alkanes of at least 4 members (excludes halogenated alkanes) is 15. The Labute approximate surface area is 742 Å². The number of aryl methyl sites for hydroxylation is 4. The summed E-state index contributed by atoms with van der Waals surface area (Å²) in [6.45, 7) is 38.1. The maximum absolute atomic E-state index is 15.2. The lowest BCUT2D eigenvalue weighted by Crippen LogP contribution is -2.29. The van der Waals surface area contributed by atoms with Crippen molar-refractivity contribution in [1.82, 2.24) is 0 Å². The number of Topliss-reactive ketones (excluding diaryl/α,β-unsaturated/α-hetero) is 2. The van der Waals surface area contributed by atoms with Gasteiger partial charge in [-0.05, 0) is 186 Å². The van der Waals surface area contributed by atoms with Gasteiger partial charge < -0.3 is 9.47 Å². The molecule has 1 atom stereocenters. The third-order valence-corrected chi connectivity index (χ3v) is 31.3. The maximum atomic E-state index is 15.2. The summed E-state index contributed by atoms with van der Waals surface area (Å²) in [5, 5.41) is 12.9. The molecule has 0 aliphatic heterocycles. The van der Waals surface area contributed by atoms with Gasteiger partial charge >= 0.3 is 0 Å². The summed E-state index contributed by atoms with van der Waals surface area (Å²) in [7, 11) is 0. The molecule has 4 aromatic heterocycles. The van der Waals surface area contributed by atoms with Crippen LogP contribution in [0.15, 0.2) is 180 Å². The summed E-state index contributed by atoms with van der Waals surface area (Å²) >= 11 is 7.17. The van der Waals surface area contributed by atoms with Gasteiger partial charge in [0, 0.05) is 59.5 Å². The van der Waals surface area contributed by atoms with E-state index in [4.69, 9.17) is 22.6 Å². The third-order valence-electron chi connectivity index (χ3n) is 26.4. The zero-order chi connectivity index (χ0) is 85.0. The Morgan fingerprint density at radius 1 is 0.426 bits per heavy atom. The van der Waals surface area contributed by atoms with Gasteiger partial charge in [-0.1, -0.05) is 317 Å². The van der Waals surface area contributed by atoms with Crippen molar-refractivity contribution in [3.63, 3.8) is 0 Å². The molecule has 0 saturated carbocycles. The van der Waals surface area contributed by atoms with E-state index in [0.29, 0.717) is 57.9 Å². The number of nitriles is 1. The minimum absolute atomic E-state index is 0.0621. The van der Waals surface area contributed by atoms with Crippen molar-refractivity contribution in [1.29, 1.82) is 5.26 Å². The number of thiophene rings is 4. The van der Waals surface area contributed by atoms with E-state index in [9.17, 15) is 5.26 Å². The van der Waals surface area contributed by atoms with E-state index in [0.717, 1.165) is 187 Å². The first-order valence-electron chi connectivity index (χ1n) is 46.1. The lowest BCUT2D eigenvalue weighted by molar-refractivity contribution is 0.103. The smallest absolute Gasteiger partial charge is 0.270 e. The van der Waals surface area contributed by atoms with Crippen LogP contribution in [0.5, 0.6) is 11.5 Å². The zero-order valence-corrected chi connectivity index (χ0v) is 76.6. The molecular weight excluding hydrogens is 1570 g/mol. The number of allylic oxidation sites excluding steroid dienone is 6. The molecule has 4 aliphatic carbocycles. The Kier molecular flexibility index (Phi) is 28.4. The molecule has 11 aromatic rings. The van der Waals surface area contributed by atoms with Gasteiger partial charge in [-0.25, -0.2) is 15.0 Å². The van der Waals surface area contributed by atoms with Gasteiger partial charge in [0.1, 0.15) is 11.5 Å². The van der Waals surface area contributed by atoms with Gasteiger partial charge in [-0.3, -0.25) is 9.59 Å². The molecule has 626 valence electrons. The molecule has 7 aromatic carbocycles. The minimum atomic E-state index is -0.978. The molecule has 4 aliphatic rings. The first-order chi connectivity index (χ1) is 59.8. The highest BCUT2D eigenvalue weighted by Crippen LogP contribution is 2.71. The Hall–Kier alpha value is -9.77. The first kappa shape index (κ1) is 87.1. The van der Waals surface area contributed by atoms with E-state index in [2.05, 4.69) is 186 Å². The van der Waals surface area contributed by atoms with Crippen molar-refractivity contribution >= 4 is 100 Å². The fraction of sp³-hybridized carbons (Fsp3) is 0.396. The molecule has 7 nitrogen and oxygen atoms in total. The van der Waals surface area contributed by atoms with E-state index in [1.165, 1.54) is 132 Å². The molecule has 0 bridgehead atoms. The highest BCUT2D eigenvalue weighted by molar-refractivity contribution is 7.29. The van der Waals surface area contributed by atoms with Crippen LogP contribution in [0.3, 0.4) is 0 Å². The third kappa shape index (κ3) is 16.7. The summed E-state index contributed by atoms with van der Waals surface area (Å²) < 4.78 is 18.7. The molecule has 11 heteroatoms. The van der Waals surface area contributed by atoms with Gasteiger partial charge in [0.25, 0.3) is 5.70 Å². The van der Waals surface area contributed by atoms with Crippen molar-refractivity contribution in [2.24, 2.45) is 11.8 Å². The van der Waals surface area contributed by atoms with Crippen LogP contribution >= 0.6 is 45.3 Å². The topological polar surface area (TPSA) is 85.1 Å². The summed E-state index contributed by atoms with van der Waals surface area (Å²) in [5.41, 5.74) is 17.6. The van der Waals surface area contributed by atoms with Crippen molar-refractivity contribution < 1.29 is 19.1 Å². The molecule has 0 amide bonds. The van der Waals surface area contributed by atoms with E-state index in [1.54, 1.807) is 22.7 Å². The number of ketones is 2. The largest absolute Gasteiger partial charge is 0.491 e. The van der Waals surface area contributed by atoms with E-state index in [1.807, 2.05) is 84.2 Å². The van der Waals surface area contributed by atoms with Crippen molar-refractivity contribution in [2.75, 3.05) is 13.2 Å². The highest BCUT2D eigenvalue weighted by atomic mass is 32.1. The number of nitrogens with zero attached hydrogens (tertiary/aromatic N) is 3. The fourth-order valence-electron chi connectivity index (χ4n) is 19.9. The summed E-state index contributed by atoms with van der Waals surface area (Å²) in [4.78, 5) is 44.6. The second-order valence-electron chi connectivity index (χ2n) is 34.9. The van der Waals surface area contributed by atoms with Crippen LogP contribution in [0.1, 0.15) is 331 Å². The number of benzene rings is 7. The van der Waals surface area contributed by atoms with Crippen LogP contribution in [-0.4, -0.2) is 24.8 Å². The highest BCUT2D eigenvalue weighted by Gasteiger charge is 2.55. The van der Waals surface area contributed by atoms with Crippen molar-refractivity contribution in [3.05, 3.63) is 302 Å². The van der Waals surface area contributed by atoms with Crippen molar-refractivity contribution in [3.8, 4) is 37.1 Å². The number of carbonyl (C=O) groups is 2. The van der Waals surface area contributed by atoms with Crippen LogP contribution < -0.4 is 9.47 Å². The average molecular weight is 1690 g/mol. The number of hydrogen-bond donors (Lipinski definition) is 0. The zero-order valence-electron chi connectivity index (χ0n) is 73.3. The Bertz CT molecular complexity index is 5770. The van der Waals surface area contributed by atoms with Gasteiger partial charge in [-0.2, -0.15) is 0 Å². The Morgan fingerprint density at radius 3 is 1.14 bits per heavy atom. The molecule has 0 radical (unpaired) electrons. The monoisotopic (exact) mass is 1690 g/mol. The number of ether oxygens (including phenoxy) is 2. The maximum Gasteiger partial charge on any atom is 0.270 e. The second kappa shape index (κ2) is 39.8. The summed E-state index contributed by atoms with van der Waals surface area (Å²) in [6, 6.07) is 61.0. The second-order valence-corrected chi connectivity index (χ2v) is 39.1. The van der Waals surface area contributed by atoms with Gasteiger partial charge in [-0.15, -0.1) is 45.3 Å². The average Bonchev–Trinajstić information content (AvgIpc) is 1.49. The lowest BCUT2D eigenvalue weighted by Gasteiger charge is -2.35. The molecule has 0 N–H and O–H groups in total. The normalized spacial score (nSPS) is 15.7. The quantitative estimate of drug-likeness (QED) is 0.0165. The van der Waals surface area contributed by atoms with E-state index >= 15 is 9.59 Å². The standard InChI is InChI=1S/C111H119N3O4S4/c1-12-19-26-30-41-74-49-57-79(58-50-74)110(80-59-51-75(52-60-80)42-31-27-20-13-2)91-67-83(65-89-94(73(9)113-10)85-45-34-36-47-87(85)100(89)115)119-104(91)108-98(110)96-102(117-70-72(8)38-23-16-5)106-97(103(107(96)122-108)118-71-78(39-24-17-6)40-25-18-7)99-109(121-106)105-92(68-84(120-105)66-90-95(93(69-112)114-11)86-46-35-37-48-88(86)101(90)116)111(99,81-61-53-76(54-62-81)43-32-28-21-14-3)82-63-55-77(56-64-82)44-33-29-22-15-4/h34-37,45-68,72,78H,12-33,38-44,70-71H2,1-9H3/b89-65-,90-66-,94-73-,95-93+. The van der Waals surface area contributed by atoms with Crippen LogP contribution in [-0.2, 0) is 36.5 Å². The summed E-state index contributed by atoms with van der Waals surface area (Å²) in [6.07, 6.45) is 36.4. The van der Waals surface area contributed by atoms with E-state index < -0.39 is 10.8 Å².